The highest BCUT2D eigenvalue weighted by Gasteiger charge is 2.18. The number of anilines is 1. The van der Waals surface area contributed by atoms with E-state index in [0.29, 0.717) is 60.5 Å². The zero-order chi connectivity index (χ0) is 28.5. The Kier molecular flexibility index (Phi) is 10.0. The second kappa shape index (κ2) is 13.6. The van der Waals surface area contributed by atoms with Crippen LogP contribution in [0.3, 0.4) is 0 Å². The topological polar surface area (TPSA) is 114 Å². The van der Waals surface area contributed by atoms with Crippen LogP contribution in [0.5, 0.6) is 23.0 Å². The molecule has 1 fully saturated rings. The van der Waals surface area contributed by atoms with Crippen LogP contribution in [-0.4, -0.2) is 80.2 Å². The summed E-state index contributed by atoms with van der Waals surface area (Å²) in [7, 11) is 1.57. The van der Waals surface area contributed by atoms with Crippen molar-refractivity contribution in [2.75, 3.05) is 58.4 Å². The molecular weight excluding hydrogens is 512 g/mol. The van der Waals surface area contributed by atoms with Gasteiger partial charge in [0.15, 0.2) is 11.5 Å². The average molecular weight is 553 g/mol. The van der Waals surface area contributed by atoms with E-state index >= 15 is 0 Å². The lowest BCUT2D eigenvalue weighted by atomic mass is 9.92. The van der Waals surface area contributed by atoms with Crippen LogP contribution in [-0.2, 0) is 4.74 Å². The third-order valence-corrected chi connectivity index (χ3v) is 6.49. The molecule has 40 heavy (non-hydrogen) atoms. The van der Waals surface area contributed by atoms with Crippen molar-refractivity contribution in [1.82, 2.24) is 15.2 Å². The summed E-state index contributed by atoms with van der Waals surface area (Å²) in [5.74, 6) is 2.20. The van der Waals surface area contributed by atoms with Crippen LogP contribution in [0.1, 0.15) is 27.2 Å². The van der Waals surface area contributed by atoms with E-state index in [1.54, 1.807) is 49.7 Å². The quantitative estimate of drug-likeness (QED) is 0.315. The van der Waals surface area contributed by atoms with E-state index in [-0.39, 0.29) is 18.1 Å². The molecule has 1 saturated heterocycles. The minimum Gasteiger partial charge on any atom is -0.493 e. The number of carbonyl (C=O) groups excluding carboxylic acids is 1. The van der Waals surface area contributed by atoms with E-state index < -0.39 is 6.10 Å². The number of fused-ring (bicyclic) bond motifs is 1. The lowest BCUT2D eigenvalue weighted by Crippen LogP contribution is -2.42. The summed E-state index contributed by atoms with van der Waals surface area (Å²) >= 11 is 0. The maximum Gasteiger partial charge on any atom is 0.319 e. The number of pyridine rings is 1. The molecule has 0 bridgehead atoms. The predicted octanol–water partition coefficient (Wildman–Crippen LogP) is 4.67. The lowest BCUT2D eigenvalue weighted by Gasteiger charge is -2.28. The number of β-amino-alcohol motifs (C(OH)–C–C–N with tert-alkyl or cyclic N) is 1. The van der Waals surface area contributed by atoms with Crippen LogP contribution < -0.4 is 24.8 Å². The third-order valence-electron chi connectivity index (χ3n) is 6.49. The fourth-order valence-electron chi connectivity index (χ4n) is 4.27. The molecule has 0 aliphatic carbocycles. The summed E-state index contributed by atoms with van der Waals surface area (Å²) in [6.07, 6.45) is 1.90. The summed E-state index contributed by atoms with van der Waals surface area (Å²) < 4.78 is 23.1. The van der Waals surface area contributed by atoms with Gasteiger partial charge in [-0.05, 0) is 48.2 Å². The molecule has 10 heteroatoms. The number of methoxy groups -OCH3 is 1. The highest BCUT2D eigenvalue weighted by molar-refractivity contribution is 5.89. The lowest BCUT2D eigenvalue weighted by molar-refractivity contribution is 0.00446. The SMILES string of the molecule is COc1cc2nccc(Oc3ccc(NC(=O)NCCC(C)(C)C)cc3)c2cc1OCC(O)CN1CCOCC1. The fraction of sp³-hybridized carbons (Fsp3) is 0.467. The number of ether oxygens (including phenoxy) is 4. The molecule has 0 spiro atoms. The van der Waals surface area contributed by atoms with Gasteiger partial charge in [-0.3, -0.25) is 9.88 Å². The third kappa shape index (κ3) is 8.70. The Balaban J connectivity index is 1.40. The van der Waals surface area contributed by atoms with Crippen molar-refractivity contribution in [3.63, 3.8) is 0 Å². The molecule has 3 N–H and O–H groups in total. The number of aromatic nitrogens is 1. The van der Waals surface area contributed by atoms with Crippen molar-refractivity contribution in [3.05, 3.63) is 48.7 Å². The Morgan fingerprint density at radius 3 is 2.55 bits per heavy atom. The van der Waals surface area contributed by atoms with E-state index in [9.17, 15) is 9.90 Å². The van der Waals surface area contributed by atoms with Gasteiger partial charge >= 0.3 is 6.03 Å². The second-order valence-electron chi connectivity index (χ2n) is 11.0. The molecule has 1 aromatic heterocycles. The molecule has 1 atom stereocenters. The van der Waals surface area contributed by atoms with E-state index in [1.807, 2.05) is 6.07 Å². The Morgan fingerprint density at radius 1 is 1.10 bits per heavy atom. The number of amides is 2. The number of aliphatic hydroxyl groups is 1. The molecule has 0 saturated carbocycles. The maximum atomic E-state index is 12.2. The minimum absolute atomic E-state index is 0.119. The number of carbonyl (C=O) groups is 1. The highest BCUT2D eigenvalue weighted by Crippen LogP contribution is 2.37. The van der Waals surface area contributed by atoms with Crippen LogP contribution in [0.2, 0.25) is 0 Å². The molecule has 216 valence electrons. The van der Waals surface area contributed by atoms with Crippen LogP contribution in [0.4, 0.5) is 10.5 Å². The molecule has 3 aromatic rings. The number of hydrogen-bond donors (Lipinski definition) is 3. The monoisotopic (exact) mass is 552 g/mol. The summed E-state index contributed by atoms with van der Waals surface area (Å²) in [6, 6.07) is 12.3. The Hall–Kier alpha value is -3.60. The number of aliphatic hydroxyl groups excluding tert-OH is 1. The molecule has 4 rings (SSSR count). The smallest absolute Gasteiger partial charge is 0.319 e. The Bertz CT molecular complexity index is 1260. The largest absolute Gasteiger partial charge is 0.493 e. The van der Waals surface area contributed by atoms with Gasteiger partial charge in [-0.1, -0.05) is 20.8 Å². The van der Waals surface area contributed by atoms with Crippen molar-refractivity contribution in [1.29, 1.82) is 0 Å². The first kappa shape index (κ1) is 29.4. The summed E-state index contributed by atoms with van der Waals surface area (Å²) in [5, 5.41) is 17.0. The number of nitrogens with one attached hydrogen (secondary N) is 2. The Labute approximate surface area is 235 Å². The average Bonchev–Trinajstić information content (AvgIpc) is 2.92. The molecule has 10 nitrogen and oxygen atoms in total. The van der Waals surface area contributed by atoms with Gasteiger partial charge in [0.05, 0.1) is 25.8 Å². The van der Waals surface area contributed by atoms with Gasteiger partial charge in [-0.2, -0.15) is 0 Å². The summed E-state index contributed by atoms with van der Waals surface area (Å²) in [4.78, 5) is 18.8. The van der Waals surface area contributed by atoms with Gasteiger partial charge in [-0.25, -0.2) is 4.79 Å². The number of rotatable bonds is 11. The summed E-state index contributed by atoms with van der Waals surface area (Å²) in [5.41, 5.74) is 1.50. The first-order chi connectivity index (χ1) is 19.2. The number of hydrogen-bond acceptors (Lipinski definition) is 8. The van der Waals surface area contributed by atoms with Gasteiger partial charge < -0.3 is 34.7 Å². The minimum atomic E-state index is -0.657. The first-order valence-corrected chi connectivity index (χ1v) is 13.6. The second-order valence-corrected chi connectivity index (χ2v) is 11.0. The molecule has 0 radical (unpaired) electrons. The van der Waals surface area contributed by atoms with Gasteiger partial charge in [-0.15, -0.1) is 0 Å². The zero-order valence-electron chi connectivity index (χ0n) is 23.7. The van der Waals surface area contributed by atoms with Crippen LogP contribution in [0.15, 0.2) is 48.7 Å². The normalized spacial score (nSPS) is 14.9. The van der Waals surface area contributed by atoms with Crippen molar-refractivity contribution in [2.24, 2.45) is 5.41 Å². The maximum absolute atomic E-state index is 12.2. The zero-order valence-corrected chi connectivity index (χ0v) is 23.7. The van der Waals surface area contributed by atoms with Crippen molar-refractivity contribution in [3.8, 4) is 23.0 Å². The van der Waals surface area contributed by atoms with E-state index in [1.165, 1.54) is 0 Å². The molecular formula is C30H40N4O6. The first-order valence-electron chi connectivity index (χ1n) is 13.6. The van der Waals surface area contributed by atoms with Crippen LogP contribution in [0, 0.1) is 5.41 Å². The Morgan fingerprint density at radius 2 is 1.85 bits per heavy atom. The highest BCUT2D eigenvalue weighted by atomic mass is 16.5. The van der Waals surface area contributed by atoms with Crippen molar-refractivity contribution in [2.45, 2.75) is 33.3 Å². The van der Waals surface area contributed by atoms with Crippen molar-refractivity contribution < 1.29 is 28.8 Å². The number of morpholine rings is 1. The van der Waals surface area contributed by atoms with Crippen molar-refractivity contribution >= 4 is 22.6 Å². The van der Waals surface area contributed by atoms with Gasteiger partial charge in [0, 0.05) is 49.5 Å². The number of nitrogens with zero attached hydrogens (tertiary/aromatic N) is 2. The molecule has 1 unspecified atom stereocenters. The summed E-state index contributed by atoms with van der Waals surface area (Å²) in [6.45, 7) is 10.6. The van der Waals surface area contributed by atoms with Gasteiger partial charge in [0.1, 0.15) is 24.2 Å². The van der Waals surface area contributed by atoms with Gasteiger partial charge in [0.2, 0.25) is 0 Å². The van der Waals surface area contributed by atoms with E-state index in [2.05, 4.69) is 41.3 Å². The predicted molar refractivity (Wildman–Crippen MR) is 155 cm³/mol. The van der Waals surface area contributed by atoms with Gasteiger partial charge in [0.25, 0.3) is 0 Å². The van der Waals surface area contributed by atoms with Crippen LogP contribution in [0.25, 0.3) is 10.9 Å². The van der Waals surface area contributed by atoms with E-state index in [4.69, 9.17) is 18.9 Å². The fourth-order valence-corrected chi connectivity index (χ4v) is 4.27. The standard InChI is InChI=1S/C30H40N4O6/c1-30(2,3)10-12-32-29(36)33-21-5-7-23(8-6-21)40-26-9-11-31-25-18-27(37-4)28(17-24(25)26)39-20-22(35)19-34-13-15-38-16-14-34/h5-9,11,17-18,22,35H,10,12-16,19-20H2,1-4H3,(H2,32,33,36). The van der Waals surface area contributed by atoms with E-state index in [0.717, 1.165) is 24.9 Å². The van der Waals surface area contributed by atoms with Crippen LogP contribution >= 0.6 is 0 Å². The molecule has 1 aliphatic rings. The molecule has 2 aromatic carbocycles. The number of urea groups is 1. The molecule has 2 heterocycles. The molecule has 2 amide bonds. The number of benzene rings is 2. The molecule has 1 aliphatic heterocycles.